The van der Waals surface area contributed by atoms with Crippen molar-refractivity contribution in [2.45, 2.75) is 44.8 Å². The molecule has 1 aliphatic heterocycles. The summed E-state index contributed by atoms with van der Waals surface area (Å²) in [6.45, 7) is 4.17. The molecule has 3 aromatic rings. The lowest BCUT2D eigenvalue weighted by atomic mass is 10.1. The molecule has 1 aliphatic carbocycles. The van der Waals surface area contributed by atoms with Crippen molar-refractivity contribution < 1.29 is 18.0 Å². The Hall–Kier alpha value is -3.10. The molecule has 30 heavy (non-hydrogen) atoms. The van der Waals surface area contributed by atoms with E-state index in [0.717, 1.165) is 36.5 Å². The molecule has 2 aromatic heterocycles. The molecule has 0 spiro atoms. The zero-order valence-corrected chi connectivity index (χ0v) is 16.5. The topological polar surface area (TPSA) is 66.8 Å². The first-order chi connectivity index (χ1) is 14.2. The number of hydrogen-bond donors (Lipinski definition) is 1. The highest BCUT2D eigenvalue weighted by Gasteiger charge is 2.36. The summed E-state index contributed by atoms with van der Waals surface area (Å²) in [6.07, 6.45) is -0.549. The first-order valence-electron chi connectivity index (χ1n) is 9.87. The quantitative estimate of drug-likeness (QED) is 0.674. The summed E-state index contributed by atoms with van der Waals surface area (Å²) in [5.41, 5.74) is 2.31. The Bertz CT molecular complexity index is 1120. The summed E-state index contributed by atoms with van der Waals surface area (Å²) >= 11 is 0. The molecule has 3 heterocycles. The minimum atomic E-state index is -4.42. The van der Waals surface area contributed by atoms with E-state index in [4.69, 9.17) is 4.98 Å². The van der Waals surface area contributed by atoms with Crippen LogP contribution in [-0.2, 0) is 6.18 Å². The highest BCUT2D eigenvalue weighted by atomic mass is 19.4. The second-order valence-electron chi connectivity index (χ2n) is 8.03. The number of nitrogens with one attached hydrogen (secondary N) is 1. The molecule has 0 radical (unpaired) electrons. The number of nitrogens with zero attached hydrogens (tertiary/aromatic N) is 4. The van der Waals surface area contributed by atoms with Crippen LogP contribution in [0.3, 0.4) is 0 Å². The lowest BCUT2D eigenvalue weighted by Gasteiger charge is -2.32. The fourth-order valence-corrected chi connectivity index (χ4v) is 3.98. The molecule has 1 N–H and O–H groups in total. The Morgan fingerprint density at radius 1 is 1.17 bits per heavy atom. The van der Waals surface area contributed by atoms with Gasteiger partial charge in [-0.1, -0.05) is 0 Å². The molecule has 6 nitrogen and oxygen atoms in total. The number of rotatable bonds is 3. The van der Waals surface area contributed by atoms with Gasteiger partial charge in [-0.15, -0.1) is 0 Å². The van der Waals surface area contributed by atoms with Crippen LogP contribution < -0.4 is 4.90 Å². The maximum Gasteiger partial charge on any atom is 0.416 e. The van der Waals surface area contributed by atoms with Crippen LogP contribution in [0.1, 0.15) is 59.3 Å². The maximum absolute atomic E-state index is 13.4. The molecule has 0 saturated heterocycles. The van der Waals surface area contributed by atoms with E-state index in [1.54, 1.807) is 10.9 Å². The molecule has 1 atom stereocenters. The molecule has 1 amide bonds. The smallest absolute Gasteiger partial charge is 0.345 e. The van der Waals surface area contributed by atoms with Crippen LogP contribution >= 0.6 is 0 Å². The summed E-state index contributed by atoms with van der Waals surface area (Å²) in [5, 5.41) is 4.42. The predicted molar refractivity (Wildman–Crippen MR) is 104 cm³/mol. The van der Waals surface area contributed by atoms with Gasteiger partial charge in [0.05, 0.1) is 29.1 Å². The second kappa shape index (κ2) is 6.45. The van der Waals surface area contributed by atoms with Crippen LogP contribution in [-0.4, -0.2) is 32.2 Å². The minimum Gasteiger partial charge on any atom is -0.345 e. The largest absolute Gasteiger partial charge is 0.416 e. The first kappa shape index (κ1) is 18.9. The van der Waals surface area contributed by atoms with Gasteiger partial charge in [0, 0.05) is 23.8 Å². The molecule has 1 saturated carbocycles. The third-order valence-corrected chi connectivity index (χ3v) is 5.74. The van der Waals surface area contributed by atoms with E-state index in [2.05, 4.69) is 10.1 Å². The number of aryl methyl sites for hydroxylation is 1. The Balaban J connectivity index is 1.53. The van der Waals surface area contributed by atoms with Crippen molar-refractivity contribution in [2.75, 3.05) is 11.4 Å². The number of amides is 1. The van der Waals surface area contributed by atoms with Gasteiger partial charge < -0.3 is 9.88 Å². The van der Waals surface area contributed by atoms with Crippen LogP contribution in [0.5, 0.6) is 0 Å². The van der Waals surface area contributed by atoms with Crippen LogP contribution in [0.4, 0.5) is 18.9 Å². The van der Waals surface area contributed by atoms with Crippen molar-refractivity contribution >= 4 is 11.6 Å². The molecule has 156 valence electrons. The minimum absolute atomic E-state index is 0.129. The van der Waals surface area contributed by atoms with Crippen molar-refractivity contribution in [1.29, 1.82) is 0 Å². The normalized spacial score (nSPS) is 19.3. The van der Waals surface area contributed by atoms with Crippen LogP contribution in [0, 0.1) is 6.92 Å². The van der Waals surface area contributed by atoms with Crippen LogP contribution in [0.2, 0.25) is 0 Å². The Morgan fingerprint density at radius 2 is 1.87 bits per heavy atom. The summed E-state index contributed by atoms with van der Waals surface area (Å²) in [5.74, 6) is 1.08. The van der Waals surface area contributed by atoms with E-state index in [0.29, 0.717) is 35.1 Å². The van der Waals surface area contributed by atoms with E-state index >= 15 is 0 Å². The fourth-order valence-electron chi connectivity index (χ4n) is 3.98. The number of imidazole rings is 1. The van der Waals surface area contributed by atoms with Gasteiger partial charge in [0.2, 0.25) is 0 Å². The summed E-state index contributed by atoms with van der Waals surface area (Å²) in [7, 11) is 0. The number of aromatic nitrogens is 4. The first-order valence-corrected chi connectivity index (χ1v) is 9.87. The van der Waals surface area contributed by atoms with Crippen molar-refractivity contribution in [1.82, 2.24) is 19.7 Å². The van der Waals surface area contributed by atoms with Gasteiger partial charge in [-0.2, -0.15) is 18.3 Å². The average molecular weight is 415 g/mol. The number of benzene rings is 1. The molecule has 0 unspecified atom stereocenters. The lowest BCUT2D eigenvalue weighted by molar-refractivity contribution is -0.137. The predicted octanol–water partition coefficient (Wildman–Crippen LogP) is 4.70. The number of fused-ring (bicyclic) bond motifs is 1. The van der Waals surface area contributed by atoms with Gasteiger partial charge in [0.15, 0.2) is 0 Å². The molecule has 0 bridgehead atoms. The number of hydrogen-bond acceptors (Lipinski definition) is 3. The fraction of sp³-hybridized carbons (Fsp3) is 0.381. The zero-order chi connectivity index (χ0) is 21.2. The summed E-state index contributed by atoms with van der Waals surface area (Å²) in [6, 6.07) is 4.55. The maximum atomic E-state index is 13.4. The SMILES string of the molecule is Cc1[nH]c(C2CC2)nc1-c1cnn2c1C(=O)N(c1ccc(C(F)(F)F)cc1)C[C@@H]2C. The van der Waals surface area contributed by atoms with E-state index in [1.807, 2.05) is 13.8 Å². The van der Waals surface area contributed by atoms with Gasteiger partial charge in [-0.25, -0.2) is 4.98 Å². The summed E-state index contributed by atoms with van der Waals surface area (Å²) in [4.78, 5) is 22.9. The van der Waals surface area contributed by atoms with Crippen molar-refractivity contribution in [3.05, 3.63) is 53.2 Å². The van der Waals surface area contributed by atoms with Crippen LogP contribution in [0.25, 0.3) is 11.3 Å². The van der Waals surface area contributed by atoms with Gasteiger partial charge in [0.1, 0.15) is 11.5 Å². The van der Waals surface area contributed by atoms with Crippen LogP contribution in [0.15, 0.2) is 30.5 Å². The third kappa shape index (κ3) is 3.00. The van der Waals surface area contributed by atoms with E-state index < -0.39 is 11.7 Å². The molecular formula is C21H20F3N5O. The van der Waals surface area contributed by atoms with E-state index in [1.165, 1.54) is 17.0 Å². The number of H-pyrrole nitrogens is 1. The zero-order valence-electron chi connectivity index (χ0n) is 16.5. The van der Waals surface area contributed by atoms with Crippen molar-refractivity contribution in [3.63, 3.8) is 0 Å². The monoisotopic (exact) mass is 415 g/mol. The highest BCUT2D eigenvalue weighted by Crippen LogP contribution is 2.41. The Kier molecular flexibility index (Phi) is 4.06. The van der Waals surface area contributed by atoms with Crippen molar-refractivity contribution in [3.8, 4) is 11.3 Å². The number of halogens is 3. The summed E-state index contributed by atoms with van der Waals surface area (Å²) < 4.78 is 40.4. The molecule has 9 heteroatoms. The van der Waals surface area contributed by atoms with Gasteiger partial charge >= 0.3 is 6.18 Å². The lowest BCUT2D eigenvalue weighted by Crippen LogP contribution is -2.42. The molecule has 5 rings (SSSR count). The number of anilines is 1. The molecular weight excluding hydrogens is 395 g/mol. The third-order valence-electron chi connectivity index (χ3n) is 5.74. The molecule has 2 aliphatic rings. The Morgan fingerprint density at radius 3 is 2.50 bits per heavy atom. The van der Waals surface area contributed by atoms with Gasteiger partial charge in [-0.05, 0) is 51.0 Å². The average Bonchev–Trinajstić information content (AvgIpc) is 3.33. The second-order valence-corrected chi connectivity index (χ2v) is 8.03. The molecule has 1 fully saturated rings. The number of aromatic amines is 1. The molecule has 1 aromatic carbocycles. The van der Waals surface area contributed by atoms with Gasteiger partial charge in [-0.3, -0.25) is 9.48 Å². The van der Waals surface area contributed by atoms with Crippen molar-refractivity contribution in [2.24, 2.45) is 0 Å². The standard InChI is InChI=1S/C21H20F3N5O/c1-11-10-28(15-7-5-14(6-8-15)21(22,23)24)20(30)18-16(9-25-29(11)18)17-12(2)26-19(27-17)13-3-4-13/h5-9,11,13H,3-4,10H2,1-2H3,(H,26,27)/t11-/m0/s1. The number of carbonyl (C=O) groups excluding carboxylic acids is 1. The number of alkyl halides is 3. The Labute approximate surface area is 170 Å². The van der Waals surface area contributed by atoms with E-state index in [9.17, 15) is 18.0 Å². The van der Waals surface area contributed by atoms with E-state index in [-0.39, 0.29) is 11.9 Å². The highest BCUT2D eigenvalue weighted by molar-refractivity contribution is 6.09. The van der Waals surface area contributed by atoms with Gasteiger partial charge in [0.25, 0.3) is 5.91 Å². The number of carbonyl (C=O) groups is 1.